The van der Waals surface area contributed by atoms with Crippen molar-refractivity contribution in [2.24, 2.45) is 0 Å². The molecule has 2 aromatic rings. The lowest BCUT2D eigenvalue weighted by Crippen LogP contribution is -2.35. The van der Waals surface area contributed by atoms with Crippen LogP contribution >= 0.6 is 0 Å². The molecule has 1 fully saturated rings. The molecule has 0 amide bonds. The van der Waals surface area contributed by atoms with E-state index in [0.717, 1.165) is 42.7 Å². The first kappa shape index (κ1) is 10.4. The number of fused-ring (bicyclic) bond motifs is 1. The number of hydrogen-bond acceptors (Lipinski definition) is 3. The van der Waals surface area contributed by atoms with Gasteiger partial charge in [0.15, 0.2) is 0 Å². The van der Waals surface area contributed by atoms with Gasteiger partial charge in [0.05, 0.1) is 11.0 Å². The van der Waals surface area contributed by atoms with Gasteiger partial charge in [-0.3, -0.25) is 0 Å². The first-order chi connectivity index (χ1) is 8.31. The van der Waals surface area contributed by atoms with Crippen LogP contribution in [0.3, 0.4) is 0 Å². The second-order valence-corrected chi connectivity index (χ2v) is 4.51. The van der Waals surface area contributed by atoms with Crippen LogP contribution in [0.2, 0.25) is 0 Å². The Kier molecular flexibility index (Phi) is 2.60. The van der Waals surface area contributed by atoms with E-state index in [1.807, 2.05) is 18.2 Å². The average Bonchev–Trinajstić information content (AvgIpc) is 2.70. The highest BCUT2D eigenvalue weighted by atomic mass is 16.1. The molecular weight excluding hydrogens is 216 g/mol. The summed E-state index contributed by atoms with van der Waals surface area (Å²) in [6.45, 7) is 2.14. The average molecular weight is 232 g/mol. The second kappa shape index (κ2) is 4.25. The van der Waals surface area contributed by atoms with Gasteiger partial charge in [0.1, 0.15) is 0 Å². The molecule has 4 N–H and O–H groups in total. The molecule has 5 nitrogen and oxygen atoms in total. The van der Waals surface area contributed by atoms with Crippen LogP contribution < -0.4 is 16.3 Å². The van der Waals surface area contributed by atoms with Gasteiger partial charge in [-0.05, 0) is 44.1 Å². The smallest absolute Gasteiger partial charge is 0.323 e. The standard InChI is InChI=1S/C12H16N4O/c17-12-15-10-2-1-9(7-11(10)16-12)14-8-3-5-13-6-4-8/h1-2,7-8,13-14H,3-6H2,(H2,15,16,17). The van der Waals surface area contributed by atoms with E-state index in [2.05, 4.69) is 20.6 Å². The molecule has 3 rings (SSSR count). The molecule has 90 valence electrons. The summed E-state index contributed by atoms with van der Waals surface area (Å²) in [5.41, 5.74) is 2.62. The molecule has 0 aliphatic carbocycles. The highest BCUT2D eigenvalue weighted by Gasteiger charge is 2.12. The zero-order chi connectivity index (χ0) is 11.7. The van der Waals surface area contributed by atoms with Crippen LogP contribution in [0.1, 0.15) is 12.8 Å². The third-order valence-corrected chi connectivity index (χ3v) is 3.23. The van der Waals surface area contributed by atoms with Gasteiger partial charge in [0.25, 0.3) is 0 Å². The maximum absolute atomic E-state index is 11.2. The van der Waals surface area contributed by atoms with Gasteiger partial charge in [0, 0.05) is 11.7 Å². The van der Waals surface area contributed by atoms with Gasteiger partial charge in [-0.2, -0.15) is 0 Å². The van der Waals surface area contributed by atoms with E-state index in [0.29, 0.717) is 6.04 Å². The third-order valence-electron chi connectivity index (χ3n) is 3.23. The number of piperidine rings is 1. The van der Waals surface area contributed by atoms with Gasteiger partial charge in [0.2, 0.25) is 0 Å². The van der Waals surface area contributed by atoms with Gasteiger partial charge in [-0.15, -0.1) is 0 Å². The van der Waals surface area contributed by atoms with Gasteiger partial charge in [-0.25, -0.2) is 4.79 Å². The molecule has 1 aromatic heterocycles. The van der Waals surface area contributed by atoms with E-state index in [-0.39, 0.29) is 5.69 Å². The van der Waals surface area contributed by atoms with Crippen LogP contribution in [0.25, 0.3) is 11.0 Å². The van der Waals surface area contributed by atoms with E-state index in [1.165, 1.54) is 0 Å². The maximum atomic E-state index is 11.2. The Hall–Kier alpha value is -1.75. The van der Waals surface area contributed by atoms with Crippen LogP contribution in [0.4, 0.5) is 5.69 Å². The van der Waals surface area contributed by atoms with Crippen molar-refractivity contribution >= 4 is 16.7 Å². The normalized spacial score (nSPS) is 17.4. The lowest BCUT2D eigenvalue weighted by molar-refractivity contribution is 0.479. The quantitative estimate of drug-likeness (QED) is 0.624. The minimum Gasteiger partial charge on any atom is -0.382 e. The summed E-state index contributed by atoms with van der Waals surface area (Å²) in [5, 5.41) is 6.85. The first-order valence-corrected chi connectivity index (χ1v) is 6.00. The first-order valence-electron chi connectivity index (χ1n) is 6.00. The summed E-state index contributed by atoms with van der Waals surface area (Å²) in [7, 11) is 0. The van der Waals surface area contributed by atoms with E-state index >= 15 is 0 Å². The van der Waals surface area contributed by atoms with Crippen molar-refractivity contribution in [3.05, 3.63) is 28.7 Å². The predicted octanol–water partition coefficient (Wildman–Crippen LogP) is 1.02. The molecule has 0 bridgehead atoms. The summed E-state index contributed by atoms with van der Waals surface area (Å²) in [5.74, 6) is 0. The lowest BCUT2D eigenvalue weighted by atomic mass is 10.1. The Bertz CT molecular complexity index is 565. The summed E-state index contributed by atoms with van der Waals surface area (Å²) < 4.78 is 0. The minimum atomic E-state index is -0.154. The monoisotopic (exact) mass is 232 g/mol. The van der Waals surface area contributed by atoms with Crippen molar-refractivity contribution in [3.8, 4) is 0 Å². The van der Waals surface area contributed by atoms with E-state index in [9.17, 15) is 4.79 Å². The number of nitrogens with one attached hydrogen (secondary N) is 4. The number of anilines is 1. The number of benzene rings is 1. The van der Waals surface area contributed by atoms with E-state index in [4.69, 9.17) is 0 Å². The van der Waals surface area contributed by atoms with Crippen molar-refractivity contribution in [1.82, 2.24) is 15.3 Å². The van der Waals surface area contributed by atoms with Gasteiger partial charge in [-0.1, -0.05) is 0 Å². The van der Waals surface area contributed by atoms with Gasteiger partial charge < -0.3 is 20.6 Å². The molecule has 2 heterocycles. The van der Waals surface area contributed by atoms with Crippen LogP contribution in [-0.4, -0.2) is 29.1 Å². The molecule has 1 aromatic carbocycles. The fourth-order valence-corrected chi connectivity index (χ4v) is 2.32. The summed E-state index contributed by atoms with van der Waals surface area (Å²) >= 11 is 0. The SMILES string of the molecule is O=c1[nH]c2ccc(NC3CCNCC3)cc2[nH]1. The molecule has 0 spiro atoms. The third kappa shape index (κ3) is 2.19. The molecule has 0 saturated carbocycles. The Balaban J connectivity index is 1.82. The number of aromatic amines is 2. The number of imidazole rings is 1. The summed E-state index contributed by atoms with van der Waals surface area (Å²) in [4.78, 5) is 16.7. The number of hydrogen-bond donors (Lipinski definition) is 4. The van der Waals surface area contributed by atoms with E-state index in [1.54, 1.807) is 0 Å². The van der Waals surface area contributed by atoms with Crippen molar-refractivity contribution in [3.63, 3.8) is 0 Å². The van der Waals surface area contributed by atoms with Crippen molar-refractivity contribution < 1.29 is 0 Å². The Morgan fingerprint density at radius 1 is 1.12 bits per heavy atom. The molecule has 0 unspecified atom stereocenters. The topological polar surface area (TPSA) is 72.7 Å². The van der Waals surface area contributed by atoms with Crippen molar-refractivity contribution in [1.29, 1.82) is 0 Å². The van der Waals surface area contributed by atoms with Crippen LogP contribution in [0, 0.1) is 0 Å². The number of H-pyrrole nitrogens is 2. The second-order valence-electron chi connectivity index (χ2n) is 4.51. The van der Waals surface area contributed by atoms with E-state index < -0.39 is 0 Å². The molecule has 0 radical (unpaired) electrons. The predicted molar refractivity (Wildman–Crippen MR) is 68.4 cm³/mol. The Morgan fingerprint density at radius 3 is 2.71 bits per heavy atom. The number of rotatable bonds is 2. The largest absolute Gasteiger partial charge is 0.382 e. The zero-order valence-corrected chi connectivity index (χ0v) is 9.55. The molecule has 17 heavy (non-hydrogen) atoms. The zero-order valence-electron chi connectivity index (χ0n) is 9.55. The molecular formula is C12H16N4O. The Labute approximate surface area is 98.6 Å². The van der Waals surface area contributed by atoms with Crippen LogP contribution in [-0.2, 0) is 0 Å². The summed E-state index contributed by atoms with van der Waals surface area (Å²) in [6, 6.07) is 6.44. The number of aromatic nitrogens is 2. The molecule has 1 aliphatic heterocycles. The van der Waals surface area contributed by atoms with Gasteiger partial charge >= 0.3 is 5.69 Å². The van der Waals surface area contributed by atoms with Crippen molar-refractivity contribution in [2.45, 2.75) is 18.9 Å². The molecule has 1 saturated heterocycles. The fourth-order valence-electron chi connectivity index (χ4n) is 2.32. The minimum absolute atomic E-state index is 0.154. The lowest BCUT2D eigenvalue weighted by Gasteiger charge is -2.24. The highest BCUT2D eigenvalue weighted by molar-refractivity contribution is 5.78. The maximum Gasteiger partial charge on any atom is 0.323 e. The Morgan fingerprint density at radius 2 is 1.88 bits per heavy atom. The van der Waals surface area contributed by atoms with Crippen molar-refractivity contribution in [2.75, 3.05) is 18.4 Å². The molecule has 5 heteroatoms. The molecule has 0 atom stereocenters. The van der Waals surface area contributed by atoms with Crippen LogP contribution in [0.15, 0.2) is 23.0 Å². The highest BCUT2D eigenvalue weighted by Crippen LogP contribution is 2.17. The molecule has 1 aliphatic rings. The van der Waals surface area contributed by atoms with Crippen LogP contribution in [0.5, 0.6) is 0 Å². The summed E-state index contributed by atoms with van der Waals surface area (Å²) in [6.07, 6.45) is 2.28. The fraction of sp³-hybridized carbons (Fsp3) is 0.417.